The van der Waals surface area contributed by atoms with Crippen molar-refractivity contribution >= 4 is 28.8 Å². The fourth-order valence-corrected chi connectivity index (χ4v) is 3.37. The number of hydrogen-bond acceptors (Lipinski definition) is 2. The molecule has 112 valence electrons. The molecule has 1 aliphatic carbocycles. The van der Waals surface area contributed by atoms with Gasteiger partial charge in [-0.15, -0.1) is 0 Å². The van der Waals surface area contributed by atoms with Crippen LogP contribution in [0, 0.1) is 0 Å². The number of nitrogens with zero attached hydrogens (tertiary/aromatic N) is 1. The molecule has 4 heteroatoms. The van der Waals surface area contributed by atoms with Crippen molar-refractivity contribution < 1.29 is 0 Å². The molecule has 1 aliphatic heterocycles. The molecule has 2 aromatic carbocycles. The van der Waals surface area contributed by atoms with E-state index in [-0.39, 0.29) is 5.54 Å². The predicted octanol–water partition coefficient (Wildman–Crippen LogP) is 4.70. The van der Waals surface area contributed by atoms with Gasteiger partial charge in [-0.1, -0.05) is 35.9 Å². The van der Waals surface area contributed by atoms with E-state index in [0.717, 1.165) is 35.0 Å². The summed E-state index contributed by atoms with van der Waals surface area (Å²) in [6, 6.07) is 16.2. The van der Waals surface area contributed by atoms with Gasteiger partial charge < -0.3 is 10.6 Å². The summed E-state index contributed by atoms with van der Waals surface area (Å²) >= 11 is 6.05. The molecule has 0 aromatic heterocycles. The van der Waals surface area contributed by atoms with E-state index >= 15 is 0 Å². The van der Waals surface area contributed by atoms with Crippen LogP contribution >= 0.6 is 11.6 Å². The van der Waals surface area contributed by atoms with Crippen molar-refractivity contribution in [2.24, 2.45) is 4.99 Å². The molecule has 1 heterocycles. The molecule has 0 saturated heterocycles. The molecule has 0 atom stereocenters. The molecule has 1 saturated carbocycles. The minimum absolute atomic E-state index is 0.00702. The molecule has 1 spiro atoms. The van der Waals surface area contributed by atoms with Crippen molar-refractivity contribution in [1.29, 1.82) is 0 Å². The molecule has 0 radical (unpaired) electrons. The maximum atomic E-state index is 6.05. The summed E-state index contributed by atoms with van der Waals surface area (Å²) < 4.78 is 0. The average Bonchev–Trinajstić information content (AvgIpc) is 2.50. The standard InChI is InChI=1S/C18H18ClN3/c19-14-6-3-5-13(11-14)12-20-17-18(9-4-10-18)22-16-8-2-1-7-15(16)21-17/h1-3,5-8,11,22H,4,9-10,12H2,(H,20,21). The molecule has 0 unspecified atom stereocenters. The van der Waals surface area contributed by atoms with E-state index in [4.69, 9.17) is 16.6 Å². The van der Waals surface area contributed by atoms with E-state index in [9.17, 15) is 0 Å². The summed E-state index contributed by atoms with van der Waals surface area (Å²) in [5.41, 5.74) is 3.40. The van der Waals surface area contributed by atoms with Crippen molar-refractivity contribution in [2.45, 2.75) is 31.3 Å². The average molecular weight is 312 g/mol. The van der Waals surface area contributed by atoms with Gasteiger partial charge in [0.05, 0.1) is 23.5 Å². The minimum Gasteiger partial charge on any atom is -0.371 e. The maximum absolute atomic E-state index is 6.05. The summed E-state index contributed by atoms with van der Waals surface area (Å²) in [7, 11) is 0. The Hall–Kier alpha value is -2.00. The zero-order chi connectivity index (χ0) is 15.0. The molecule has 0 amide bonds. The van der Waals surface area contributed by atoms with Crippen molar-refractivity contribution in [1.82, 2.24) is 0 Å². The molecule has 2 aromatic rings. The highest BCUT2D eigenvalue weighted by atomic mass is 35.5. The number of fused-ring (bicyclic) bond motifs is 1. The van der Waals surface area contributed by atoms with Crippen LogP contribution in [0.2, 0.25) is 5.02 Å². The number of halogens is 1. The molecule has 3 nitrogen and oxygen atoms in total. The topological polar surface area (TPSA) is 36.4 Å². The second-order valence-electron chi connectivity index (χ2n) is 6.03. The molecule has 0 bridgehead atoms. The Bertz CT molecular complexity index is 735. The molecule has 22 heavy (non-hydrogen) atoms. The first-order chi connectivity index (χ1) is 10.8. The summed E-state index contributed by atoms with van der Waals surface area (Å²) in [6.07, 6.45) is 3.50. The number of hydrogen-bond donors (Lipinski definition) is 2. The van der Waals surface area contributed by atoms with Gasteiger partial charge in [-0.05, 0) is 49.1 Å². The third-order valence-corrected chi connectivity index (χ3v) is 4.76. The lowest BCUT2D eigenvalue weighted by Gasteiger charge is -2.47. The first-order valence-corrected chi connectivity index (χ1v) is 8.07. The van der Waals surface area contributed by atoms with Gasteiger partial charge in [-0.2, -0.15) is 0 Å². The Morgan fingerprint density at radius 3 is 2.59 bits per heavy atom. The lowest BCUT2D eigenvalue weighted by atomic mass is 9.74. The van der Waals surface area contributed by atoms with Gasteiger partial charge in [0.15, 0.2) is 0 Å². The first kappa shape index (κ1) is 13.6. The summed E-state index contributed by atoms with van der Waals surface area (Å²) in [4.78, 5) is 4.85. The normalized spacial score (nSPS) is 20.0. The molecule has 2 N–H and O–H groups in total. The largest absolute Gasteiger partial charge is 0.371 e. The van der Waals surface area contributed by atoms with Crippen molar-refractivity contribution in [2.75, 3.05) is 10.6 Å². The van der Waals surface area contributed by atoms with Crippen LogP contribution in [-0.2, 0) is 6.54 Å². The van der Waals surface area contributed by atoms with Crippen LogP contribution in [0.1, 0.15) is 24.8 Å². The zero-order valence-electron chi connectivity index (χ0n) is 12.3. The Kier molecular flexibility index (Phi) is 3.30. The molecular formula is C18H18ClN3. The van der Waals surface area contributed by atoms with Crippen LogP contribution < -0.4 is 10.6 Å². The number of nitrogens with one attached hydrogen (secondary N) is 2. The van der Waals surface area contributed by atoms with Gasteiger partial charge in [-0.25, -0.2) is 0 Å². The Balaban J connectivity index is 1.63. The van der Waals surface area contributed by atoms with E-state index < -0.39 is 0 Å². The first-order valence-electron chi connectivity index (χ1n) is 7.69. The number of rotatable bonds is 2. The molecule has 4 rings (SSSR count). The number of benzene rings is 2. The maximum Gasteiger partial charge on any atom is 0.127 e. The van der Waals surface area contributed by atoms with Crippen molar-refractivity contribution in [3.63, 3.8) is 0 Å². The van der Waals surface area contributed by atoms with E-state index in [0.29, 0.717) is 6.54 Å². The lowest BCUT2D eigenvalue weighted by Crippen LogP contribution is -2.57. The van der Waals surface area contributed by atoms with E-state index in [1.165, 1.54) is 12.1 Å². The van der Waals surface area contributed by atoms with Gasteiger partial charge in [0.1, 0.15) is 5.84 Å². The third kappa shape index (κ3) is 2.35. The number of amidine groups is 1. The van der Waals surface area contributed by atoms with Crippen molar-refractivity contribution in [3.05, 3.63) is 59.1 Å². The molecular weight excluding hydrogens is 294 g/mol. The second kappa shape index (κ2) is 5.33. The second-order valence-corrected chi connectivity index (χ2v) is 6.46. The monoisotopic (exact) mass is 311 g/mol. The molecule has 2 aliphatic rings. The van der Waals surface area contributed by atoms with E-state index in [2.05, 4.69) is 34.9 Å². The van der Waals surface area contributed by atoms with E-state index in [1.807, 2.05) is 24.3 Å². The Morgan fingerprint density at radius 1 is 1.05 bits per heavy atom. The number of aliphatic imine (C=N–C) groups is 1. The highest BCUT2D eigenvalue weighted by molar-refractivity contribution is 6.30. The van der Waals surface area contributed by atoms with Gasteiger partial charge in [0.25, 0.3) is 0 Å². The van der Waals surface area contributed by atoms with Gasteiger partial charge >= 0.3 is 0 Å². The van der Waals surface area contributed by atoms with Gasteiger partial charge in [0, 0.05) is 5.02 Å². The van der Waals surface area contributed by atoms with Crippen LogP contribution in [0.15, 0.2) is 53.5 Å². The molecule has 1 fully saturated rings. The third-order valence-electron chi connectivity index (χ3n) is 4.52. The highest BCUT2D eigenvalue weighted by Crippen LogP contribution is 2.42. The van der Waals surface area contributed by atoms with Gasteiger partial charge in [0.2, 0.25) is 0 Å². The number of para-hydroxylation sites is 2. The van der Waals surface area contributed by atoms with Gasteiger partial charge in [-0.3, -0.25) is 4.99 Å². The van der Waals surface area contributed by atoms with Crippen LogP contribution in [0.25, 0.3) is 0 Å². The Morgan fingerprint density at radius 2 is 1.86 bits per heavy atom. The van der Waals surface area contributed by atoms with Crippen LogP contribution in [0.4, 0.5) is 11.4 Å². The number of anilines is 2. The fraction of sp³-hybridized carbons (Fsp3) is 0.278. The predicted molar refractivity (Wildman–Crippen MR) is 92.9 cm³/mol. The van der Waals surface area contributed by atoms with Crippen LogP contribution in [0.3, 0.4) is 0 Å². The quantitative estimate of drug-likeness (QED) is 0.843. The summed E-state index contributed by atoms with van der Waals surface area (Å²) in [6.45, 7) is 0.647. The SMILES string of the molecule is Clc1cccc(CN=C2Nc3ccccc3NC23CCC3)c1. The summed E-state index contributed by atoms with van der Waals surface area (Å²) in [5.74, 6) is 1.05. The van der Waals surface area contributed by atoms with Crippen LogP contribution in [-0.4, -0.2) is 11.4 Å². The summed E-state index contributed by atoms with van der Waals surface area (Å²) in [5, 5.41) is 7.98. The van der Waals surface area contributed by atoms with E-state index in [1.54, 1.807) is 0 Å². The Labute approximate surface area is 135 Å². The van der Waals surface area contributed by atoms with Crippen LogP contribution in [0.5, 0.6) is 0 Å². The van der Waals surface area contributed by atoms with Crippen molar-refractivity contribution in [3.8, 4) is 0 Å². The minimum atomic E-state index is -0.00702. The lowest BCUT2D eigenvalue weighted by molar-refractivity contribution is 0.369. The fourth-order valence-electron chi connectivity index (χ4n) is 3.15. The smallest absolute Gasteiger partial charge is 0.127 e. The highest BCUT2D eigenvalue weighted by Gasteiger charge is 2.44. The zero-order valence-corrected chi connectivity index (χ0v) is 13.0.